The van der Waals surface area contributed by atoms with Gasteiger partial charge in [0.25, 0.3) is 0 Å². The molecule has 3 fully saturated rings. The van der Waals surface area contributed by atoms with E-state index in [-0.39, 0.29) is 52.2 Å². The van der Waals surface area contributed by atoms with Crippen LogP contribution in [0.4, 0.5) is 0 Å². The number of aliphatic hydroxyl groups is 10. The molecular formula is C32H57N5O20. The molecule has 0 radical (unpaired) electrons. The molecule has 0 aromatic carbocycles. The Hall–Kier alpha value is -2.80. The van der Waals surface area contributed by atoms with Gasteiger partial charge in [0.05, 0.1) is 46.1 Å². The molecule has 57 heavy (non-hydrogen) atoms. The summed E-state index contributed by atoms with van der Waals surface area (Å²) in [7, 11) is 0. The summed E-state index contributed by atoms with van der Waals surface area (Å²) in [4.78, 5) is 49.2. The first-order valence-electron chi connectivity index (χ1n) is 18.3. The molecule has 4 amide bonds. The van der Waals surface area contributed by atoms with Crippen LogP contribution in [0.25, 0.3) is 0 Å². The topological polar surface area (TPSA) is 391 Å². The Labute approximate surface area is 326 Å². The maximum absolute atomic E-state index is 12.4. The van der Waals surface area contributed by atoms with Gasteiger partial charge in [-0.05, 0) is 13.3 Å². The highest BCUT2D eigenvalue weighted by Crippen LogP contribution is 2.31. The number of hydrogen-bond donors (Lipinski definition) is 14. The number of amides is 4. The monoisotopic (exact) mass is 831 g/mol. The summed E-state index contributed by atoms with van der Waals surface area (Å²) in [6.45, 7) is -1.31. The average molecular weight is 832 g/mol. The van der Waals surface area contributed by atoms with E-state index in [1.807, 2.05) is 0 Å². The Balaban J connectivity index is 1.55. The standard InChI is InChI=1S/C32H57N5O20/c1-2-34-19(42)9-37(8-17(33)40)10-20(43)35-5-3-4-18(41)36-6-7-52-31-28(51)29(57-32-27(50)25(48)22(45)15(12-39)55-32)23(46)16(56-31)13-53-30-26(49)24(47)21(44)14(11-38)54-30/h14-16,21-32,38-39,44-51H,2-13H2,1H3,(H2,33,40)(H,34,42)(H,35,43)(H,36,41)/t14-,15-,16-,21-,22-,23-,24+,25+,26+,27+,28+,29+,30+,31+,32-/m1/s1. The minimum atomic E-state index is -1.92. The molecule has 3 heterocycles. The van der Waals surface area contributed by atoms with E-state index in [0.29, 0.717) is 6.54 Å². The van der Waals surface area contributed by atoms with Crippen molar-refractivity contribution in [2.75, 3.05) is 65.7 Å². The molecule has 3 aliphatic rings. The number of rotatable bonds is 22. The molecule has 0 spiro atoms. The predicted octanol–water partition coefficient (Wildman–Crippen LogP) is -9.61. The maximum atomic E-state index is 12.4. The molecule has 0 aromatic heterocycles. The van der Waals surface area contributed by atoms with Gasteiger partial charge >= 0.3 is 0 Å². The van der Waals surface area contributed by atoms with E-state index in [9.17, 15) is 70.2 Å². The molecule has 15 N–H and O–H groups in total. The number of nitrogens with two attached hydrogens (primary N) is 1. The number of hydrogen-bond acceptors (Lipinski definition) is 21. The van der Waals surface area contributed by atoms with Crippen LogP contribution in [0.5, 0.6) is 0 Å². The zero-order valence-corrected chi connectivity index (χ0v) is 31.2. The van der Waals surface area contributed by atoms with Crippen molar-refractivity contribution in [3.63, 3.8) is 0 Å². The van der Waals surface area contributed by atoms with Gasteiger partial charge in [0.1, 0.15) is 73.2 Å². The molecule has 330 valence electrons. The molecule has 15 atom stereocenters. The van der Waals surface area contributed by atoms with Crippen molar-refractivity contribution >= 4 is 23.6 Å². The quantitative estimate of drug-likeness (QED) is 0.0450. The van der Waals surface area contributed by atoms with Crippen LogP contribution in [0.3, 0.4) is 0 Å². The van der Waals surface area contributed by atoms with Crippen molar-refractivity contribution in [3.05, 3.63) is 0 Å². The van der Waals surface area contributed by atoms with Crippen LogP contribution in [-0.2, 0) is 47.6 Å². The van der Waals surface area contributed by atoms with Gasteiger partial charge in [-0.15, -0.1) is 0 Å². The normalized spacial score (nSPS) is 35.8. The van der Waals surface area contributed by atoms with Crippen molar-refractivity contribution in [2.24, 2.45) is 5.73 Å². The number of carbonyl (C=O) groups excluding carboxylic acids is 4. The largest absolute Gasteiger partial charge is 0.394 e. The lowest BCUT2D eigenvalue weighted by atomic mass is 9.96. The smallest absolute Gasteiger partial charge is 0.234 e. The van der Waals surface area contributed by atoms with Crippen LogP contribution >= 0.6 is 0 Å². The highest BCUT2D eigenvalue weighted by atomic mass is 16.7. The summed E-state index contributed by atoms with van der Waals surface area (Å²) in [6.07, 6.45) is -25.4. The van der Waals surface area contributed by atoms with Crippen LogP contribution in [0, 0.1) is 0 Å². The molecule has 3 rings (SSSR count). The molecule has 0 bridgehead atoms. The van der Waals surface area contributed by atoms with Crippen LogP contribution in [0.2, 0.25) is 0 Å². The number of aliphatic hydroxyl groups excluding tert-OH is 10. The molecule has 25 heteroatoms. The molecule has 0 unspecified atom stereocenters. The van der Waals surface area contributed by atoms with Gasteiger partial charge in [-0.1, -0.05) is 0 Å². The van der Waals surface area contributed by atoms with Crippen LogP contribution in [0.1, 0.15) is 19.8 Å². The number of likely N-dealkylation sites (N-methyl/N-ethyl adjacent to an activating group) is 1. The third-order valence-corrected chi connectivity index (χ3v) is 9.15. The Morgan fingerprint density at radius 1 is 0.614 bits per heavy atom. The van der Waals surface area contributed by atoms with Crippen molar-refractivity contribution in [3.8, 4) is 0 Å². The van der Waals surface area contributed by atoms with E-state index in [4.69, 9.17) is 34.2 Å². The van der Waals surface area contributed by atoms with Gasteiger partial charge in [0, 0.05) is 26.1 Å². The van der Waals surface area contributed by atoms with E-state index in [1.54, 1.807) is 6.92 Å². The van der Waals surface area contributed by atoms with Gasteiger partial charge < -0.3 is 101 Å². The van der Waals surface area contributed by atoms with Gasteiger partial charge in [0.15, 0.2) is 18.9 Å². The third kappa shape index (κ3) is 14.2. The van der Waals surface area contributed by atoms with Crippen molar-refractivity contribution < 1.29 is 98.7 Å². The molecule has 25 nitrogen and oxygen atoms in total. The van der Waals surface area contributed by atoms with Gasteiger partial charge in [-0.2, -0.15) is 0 Å². The fourth-order valence-corrected chi connectivity index (χ4v) is 6.10. The first-order chi connectivity index (χ1) is 27.0. The summed E-state index contributed by atoms with van der Waals surface area (Å²) in [5.41, 5.74) is 5.20. The second-order valence-corrected chi connectivity index (χ2v) is 13.6. The Morgan fingerprint density at radius 3 is 1.72 bits per heavy atom. The predicted molar refractivity (Wildman–Crippen MR) is 185 cm³/mol. The van der Waals surface area contributed by atoms with E-state index in [0.717, 1.165) is 0 Å². The Bertz CT molecular complexity index is 1270. The second-order valence-electron chi connectivity index (χ2n) is 13.6. The number of nitrogens with zero attached hydrogens (tertiary/aromatic N) is 1. The van der Waals surface area contributed by atoms with Gasteiger partial charge in [-0.3, -0.25) is 24.1 Å². The van der Waals surface area contributed by atoms with Crippen LogP contribution < -0.4 is 21.7 Å². The molecule has 0 aliphatic carbocycles. The van der Waals surface area contributed by atoms with Crippen LogP contribution in [-0.4, -0.2) is 237 Å². The van der Waals surface area contributed by atoms with E-state index in [2.05, 4.69) is 16.0 Å². The molecule has 3 saturated heterocycles. The Kier molecular flexibility index (Phi) is 20.2. The highest BCUT2D eigenvalue weighted by molar-refractivity contribution is 5.83. The van der Waals surface area contributed by atoms with Crippen molar-refractivity contribution in [1.82, 2.24) is 20.9 Å². The lowest BCUT2D eigenvalue weighted by Gasteiger charge is -2.46. The number of nitrogens with one attached hydrogen (secondary N) is 3. The fourth-order valence-electron chi connectivity index (χ4n) is 6.10. The number of primary amides is 1. The third-order valence-electron chi connectivity index (χ3n) is 9.15. The van der Waals surface area contributed by atoms with Crippen LogP contribution in [0.15, 0.2) is 0 Å². The average Bonchev–Trinajstić information content (AvgIpc) is 3.16. The molecule has 0 saturated carbocycles. The molecule has 3 aliphatic heterocycles. The summed E-state index contributed by atoms with van der Waals surface area (Å²) in [5.74, 6) is -2.07. The highest BCUT2D eigenvalue weighted by Gasteiger charge is 2.52. The maximum Gasteiger partial charge on any atom is 0.234 e. The van der Waals surface area contributed by atoms with E-state index in [1.165, 1.54) is 4.90 Å². The zero-order valence-electron chi connectivity index (χ0n) is 31.2. The lowest BCUT2D eigenvalue weighted by molar-refractivity contribution is -0.366. The minimum absolute atomic E-state index is 0.0364. The van der Waals surface area contributed by atoms with E-state index < -0.39 is 136 Å². The Morgan fingerprint density at radius 2 is 1.14 bits per heavy atom. The zero-order chi connectivity index (χ0) is 42.4. The summed E-state index contributed by atoms with van der Waals surface area (Å²) in [5, 5.41) is 110. The number of ether oxygens (including phenoxy) is 6. The molecule has 0 aromatic rings. The van der Waals surface area contributed by atoms with Gasteiger partial charge in [0.2, 0.25) is 23.6 Å². The summed E-state index contributed by atoms with van der Waals surface area (Å²) >= 11 is 0. The molecular weight excluding hydrogens is 774 g/mol. The number of carbonyl (C=O) groups is 4. The first-order valence-corrected chi connectivity index (χ1v) is 18.3. The minimum Gasteiger partial charge on any atom is -0.394 e. The SMILES string of the molecule is CCNC(=O)CN(CC(N)=O)CC(=O)NCCCC(=O)NCCO[C@H]1O[C@H](CO[C@H]2O[C@H](CO)[C@@H](O)[C@H](O)[C@@H]2O)[C@@H](O)[C@H](O[C@H]2O[C@H](CO)[C@@H](O)[C@H](O)[C@@H]2O)[C@@H]1O. The lowest BCUT2D eigenvalue weighted by Crippen LogP contribution is -2.65. The van der Waals surface area contributed by atoms with Crippen molar-refractivity contribution in [2.45, 2.75) is 112 Å². The first kappa shape index (κ1) is 48.6. The summed E-state index contributed by atoms with van der Waals surface area (Å²) < 4.78 is 33.1. The van der Waals surface area contributed by atoms with Crippen molar-refractivity contribution in [1.29, 1.82) is 0 Å². The van der Waals surface area contributed by atoms with E-state index >= 15 is 0 Å². The summed E-state index contributed by atoms with van der Waals surface area (Å²) in [6, 6.07) is 0. The fraction of sp³-hybridized carbons (Fsp3) is 0.875. The van der Waals surface area contributed by atoms with Gasteiger partial charge in [-0.25, -0.2) is 0 Å². The second kappa shape index (κ2) is 23.7.